The molecule has 0 aliphatic rings. The molecule has 2 rings (SSSR count). The molecule has 0 saturated heterocycles. The number of carbonyl (C=O) groups excluding carboxylic acids is 2. The van der Waals surface area contributed by atoms with Crippen LogP contribution in [0.5, 0.6) is 0 Å². The van der Waals surface area contributed by atoms with Crippen molar-refractivity contribution < 1.29 is 14.0 Å². The van der Waals surface area contributed by atoms with Crippen molar-refractivity contribution in [2.75, 3.05) is 5.75 Å². The second kappa shape index (κ2) is 7.08. The van der Waals surface area contributed by atoms with Crippen LogP contribution in [0, 0.1) is 6.92 Å². The van der Waals surface area contributed by atoms with Crippen LogP contribution in [0.4, 0.5) is 4.79 Å². The molecule has 0 aromatic carbocycles. The molecular weight excluding hydrogens is 330 g/mol. The average molecular weight is 351 g/mol. The molecule has 2 aromatic rings. The van der Waals surface area contributed by atoms with Gasteiger partial charge in [0.2, 0.25) is 5.91 Å². The minimum absolute atomic E-state index is 0.0634. The number of aryl methyl sites for hydroxylation is 1. The van der Waals surface area contributed by atoms with Crippen LogP contribution in [0.1, 0.15) is 26.5 Å². The van der Waals surface area contributed by atoms with Gasteiger partial charge in [0.05, 0.1) is 17.6 Å². The molecule has 0 aliphatic carbocycles. The Morgan fingerprint density at radius 2 is 2.04 bits per heavy atom. The molecule has 0 atom stereocenters. The second-order valence-electron chi connectivity index (χ2n) is 6.30. The number of nitrogens with one attached hydrogen (secondary N) is 2. The largest absolute Gasteiger partial charge is 0.469 e. The Morgan fingerprint density at radius 1 is 1.33 bits per heavy atom. The minimum Gasteiger partial charge on any atom is -0.469 e. The maximum atomic E-state index is 11.8. The quantitative estimate of drug-likeness (QED) is 0.818. The van der Waals surface area contributed by atoms with Crippen molar-refractivity contribution in [3.8, 4) is 11.4 Å². The van der Waals surface area contributed by atoms with Gasteiger partial charge in [0.15, 0.2) is 11.0 Å². The summed E-state index contributed by atoms with van der Waals surface area (Å²) in [6, 6.07) is 1.30. The first-order valence-corrected chi connectivity index (χ1v) is 8.34. The molecule has 130 valence electrons. The Morgan fingerprint density at radius 3 is 2.62 bits per heavy atom. The molecule has 2 heterocycles. The highest BCUT2D eigenvalue weighted by molar-refractivity contribution is 7.99. The molecule has 0 bridgehead atoms. The topological polar surface area (TPSA) is 102 Å². The Labute approximate surface area is 144 Å². The van der Waals surface area contributed by atoms with Crippen LogP contribution >= 0.6 is 11.8 Å². The monoisotopic (exact) mass is 351 g/mol. The summed E-state index contributed by atoms with van der Waals surface area (Å²) in [5.74, 6) is 1.08. The number of urea groups is 1. The number of nitrogens with zero attached hydrogens (tertiary/aromatic N) is 3. The van der Waals surface area contributed by atoms with Crippen molar-refractivity contribution in [3.63, 3.8) is 0 Å². The lowest BCUT2D eigenvalue weighted by Crippen LogP contribution is -2.48. The van der Waals surface area contributed by atoms with E-state index < -0.39 is 17.5 Å². The van der Waals surface area contributed by atoms with Crippen LogP contribution in [0.3, 0.4) is 0 Å². The molecule has 0 spiro atoms. The van der Waals surface area contributed by atoms with Crippen molar-refractivity contribution in [3.05, 3.63) is 18.1 Å². The van der Waals surface area contributed by atoms with E-state index in [2.05, 4.69) is 20.8 Å². The number of carbonyl (C=O) groups is 2. The third-order valence-electron chi connectivity index (χ3n) is 3.01. The fourth-order valence-electron chi connectivity index (χ4n) is 1.96. The van der Waals surface area contributed by atoms with E-state index in [1.165, 1.54) is 11.8 Å². The number of amides is 3. The van der Waals surface area contributed by atoms with Crippen LogP contribution in [0.25, 0.3) is 11.4 Å². The zero-order chi connectivity index (χ0) is 17.9. The highest BCUT2D eigenvalue weighted by atomic mass is 32.2. The maximum Gasteiger partial charge on any atom is 0.321 e. The number of thioether (sulfide) groups is 1. The Hall–Kier alpha value is -2.29. The molecule has 0 radical (unpaired) electrons. The van der Waals surface area contributed by atoms with Gasteiger partial charge in [-0.25, -0.2) is 4.79 Å². The fraction of sp³-hybridized carbons (Fsp3) is 0.467. The third-order valence-corrected chi connectivity index (χ3v) is 4.03. The lowest BCUT2D eigenvalue weighted by Gasteiger charge is -2.20. The molecular formula is C15H21N5O3S. The van der Waals surface area contributed by atoms with Crippen molar-refractivity contribution in [1.82, 2.24) is 25.4 Å². The van der Waals surface area contributed by atoms with E-state index in [0.29, 0.717) is 11.0 Å². The molecule has 9 heteroatoms. The number of rotatable bonds is 4. The molecule has 2 aromatic heterocycles. The third kappa shape index (κ3) is 4.60. The zero-order valence-corrected chi connectivity index (χ0v) is 15.2. The highest BCUT2D eigenvalue weighted by Gasteiger charge is 2.18. The SMILES string of the molecule is Cc1occc1-c1nnc(SCC(=O)NC(=O)NC(C)(C)C)n1C. The van der Waals surface area contributed by atoms with Crippen molar-refractivity contribution in [2.45, 2.75) is 38.4 Å². The molecule has 3 amide bonds. The zero-order valence-electron chi connectivity index (χ0n) is 14.3. The summed E-state index contributed by atoms with van der Waals surface area (Å²) < 4.78 is 7.05. The van der Waals surface area contributed by atoms with E-state index in [9.17, 15) is 9.59 Å². The number of imide groups is 1. The molecule has 0 saturated carbocycles. The van der Waals surface area contributed by atoms with Gasteiger partial charge in [0.25, 0.3) is 0 Å². The van der Waals surface area contributed by atoms with Gasteiger partial charge in [0, 0.05) is 12.6 Å². The Bertz CT molecular complexity index is 745. The van der Waals surface area contributed by atoms with Gasteiger partial charge in [0.1, 0.15) is 5.76 Å². The Kier molecular flexibility index (Phi) is 5.33. The van der Waals surface area contributed by atoms with E-state index in [1.54, 1.807) is 10.8 Å². The minimum atomic E-state index is -0.513. The highest BCUT2D eigenvalue weighted by Crippen LogP contribution is 2.25. The molecule has 0 aliphatic heterocycles. The van der Waals surface area contributed by atoms with Gasteiger partial charge >= 0.3 is 6.03 Å². The van der Waals surface area contributed by atoms with Crippen LogP contribution in [-0.2, 0) is 11.8 Å². The number of hydrogen-bond acceptors (Lipinski definition) is 6. The predicted molar refractivity (Wildman–Crippen MR) is 90.6 cm³/mol. The first-order valence-electron chi connectivity index (χ1n) is 7.36. The molecule has 0 fully saturated rings. The maximum absolute atomic E-state index is 11.8. The van der Waals surface area contributed by atoms with Crippen molar-refractivity contribution >= 4 is 23.7 Å². The molecule has 2 N–H and O–H groups in total. The van der Waals surface area contributed by atoms with Crippen LogP contribution in [0.15, 0.2) is 21.9 Å². The molecule has 0 unspecified atom stereocenters. The average Bonchev–Trinajstić information content (AvgIpc) is 3.00. The number of aromatic nitrogens is 3. The van der Waals surface area contributed by atoms with Gasteiger partial charge in [-0.15, -0.1) is 10.2 Å². The smallest absolute Gasteiger partial charge is 0.321 e. The summed E-state index contributed by atoms with van der Waals surface area (Å²) >= 11 is 1.21. The standard InChI is InChI=1S/C15H21N5O3S/c1-9-10(6-7-23-9)12-18-19-14(20(12)5)24-8-11(21)16-13(22)17-15(2,3)4/h6-7H,8H2,1-5H3,(H2,16,17,21,22). The van der Waals surface area contributed by atoms with Crippen LogP contribution in [-0.4, -0.2) is 38.0 Å². The van der Waals surface area contributed by atoms with Gasteiger partial charge in [-0.2, -0.15) is 0 Å². The summed E-state index contributed by atoms with van der Waals surface area (Å²) in [5.41, 5.74) is 0.448. The second-order valence-corrected chi connectivity index (χ2v) is 7.24. The summed E-state index contributed by atoms with van der Waals surface area (Å²) in [7, 11) is 1.81. The van der Waals surface area contributed by atoms with Gasteiger partial charge in [-0.3, -0.25) is 10.1 Å². The first kappa shape index (κ1) is 18.1. The van der Waals surface area contributed by atoms with E-state index in [0.717, 1.165) is 11.3 Å². The van der Waals surface area contributed by atoms with E-state index in [-0.39, 0.29) is 5.75 Å². The van der Waals surface area contributed by atoms with Crippen LogP contribution < -0.4 is 10.6 Å². The van der Waals surface area contributed by atoms with Gasteiger partial charge in [-0.1, -0.05) is 11.8 Å². The summed E-state index contributed by atoms with van der Waals surface area (Å²) in [4.78, 5) is 23.5. The molecule has 24 heavy (non-hydrogen) atoms. The predicted octanol–water partition coefficient (Wildman–Crippen LogP) is 2.10. The molecule has 8 nitrogen and oxygen atoms in total. The van der Waals surface area contributed by atoms with E-state index in [1.807, 2.05) is 40.8 Å². The summed E-state index contributed by atoms with van der Waals surface area (Å²) in [6.07, 6.45) is 1.59. The van der Waals surface area contributed by atoms with Crippen molar-refractivity contribution in [1.29, 1.82) is 0 Å². The lowest BCUT2D eigenvalue weighted by atomic mass is 10.1. The van der Waals surface area contributed by atoms with Gasteiger partial charge in [-0.05, 0) is 33.8 Å². The van der Waals surface area contributed by atoms with Crippen molar-refractivity contribution in [2.24, 2.45) is 7.05 Å². The fourth-order valence-corrected chi connectivity index (χ4v) is 2.67. The first-order chi connectivity index (χ1) is 11.2. The van der Waals surface area contributed by atoms with E-state index in [4.69, 9.17) is 4.42 Å². The summed E-state index contributed by atoms with van der Waals surface area (Å²) in [5, 5.41) is 13.7. The summed E-state index contributed by atoms with van der Waals surface area (Å²) in [6.45, 7) is 7.36. The van der Waals surface area contributed by atoms with E-state index >= 15 is 0 Å². The number of furan rings is 1. The van der Waals surface area contributed by atoms with Gasteiger partial charge < -0.3 is 14.3 Å². The number of hydrogen-bond donors (Lipinski definition) is 2. The lowest BCUT2D eigenvalue weighted by molar-refractivity contribution is -0.117. The van der Waals surface area contributed by atoms with Crippen LogP contribution in [0.2, 0.25) is 0 Å². The normalized spacial score (nSPS) is 11.4. The Balaban J connectivity index is 1.93.